The van der Waals surface area contributed by atoms with Crippen molar-refractivity contribution in [2.45, 2.75) is 70.7 Å². The molecule has 0 saturated heterocycles. The minimum Gasteiger partial charge on any atom is -0.362 e. The Morgan fingerprint density at radius 3 is 2.33 bits per heavy atom. The first-order valence-corrected chi connectivity index (χ1v) is 6.00. The molecule has 1 unspecified atom stereocenters. The van der Waals surface area contributed by atoms with Gasteiger partial charge in [-0.15, -0.1) is 0 Å². The molecule has 15 heavy (non-hydrogen) atoms. The summed E-state index contributed by atoms with van der Waals surface area (Å²) in [6, 6.07) is 0. The van der Waals surface area contributed by atoms with E-state index in [1.165, 1.54) is 19.3 Å². The Morgan fingerprint density at radius 1 is 1.40 bits per heavy atom. The van der Waals surface area contributed by atoms with E-state index in [2.05, 4.69) is 13.5 Å². The predicted molar refractivity (Wildman–Crippen MR) is 62.6 cm³/mol. The van der Waals surface area contributed by atoms with Gasteiger partial charge in [0.05, 0.1) is 5.60 Å². The van der Waals surface area contributed by atoms with Crippen molar-refractivity contribution in [2.24, 2.45) is 0 Å². The Labute approximate surface area is 93.3 Å². The van der Waals surface area contributed by atoms with Crippen LogP contribution in [0.3, 0.4) is 0 Å². The molecule has 0 bridgehead atoms. The maximum Gasteiger partial charge on any atom is 0.185 e. The molecule has 88 valence electrons. The summed E-state index contributed by atoms with van der Waals surface area (Å²) in [4.78, 5) is 0. The topological polar surface area (TPSA) is 29.5 Å². The molecule has 1 rings (SSSR count). The molecule has 0 spiro atoms. The van der Waals surface area contributed by atoms with E-state index in [0.29, 0.717) is 5.57 Å². The lowest BCUT2D eigenvalue weighted by Crippen LogP contribution is -2.44. The van der Waals surface area contributed by atoms with Gasteiger partial charge in [-0.05, 0) is 38.7 Å². The normalized spacial score (nSPS) is 24.5. The molecule has 1 N–H and O–H groups in total. The van der Waals surface area contributed by atoms with E-state index in [-0.39, 0.29) is 5.60 Å². The highest BCUT2D eigenvalue weighted by Crippen LogP contribution is 2.38. The maximum atomic E-state index is 10.1. The summed E-state index contributed by atoms with van der Waals surface area (Å²) in [5.41, 5.74) is 0.557. The summed E-state index contributed by atoms with van der Waals surface area (Å²) >= 11 is 0. The molecule has 1 fully saturated rings. The van der Waals surface area contributed by atoms with Gasteiger partial charge in [-0.3, -0.25) is 0 Å². The molecular weight excluding hydrogens is 188 g/mol. The zero-order valence-electron chi connectivity index (χ0n) is 10.3. The van der Waals surface area contributed by atoms with Crippen LogP contribution in [0, 0.1) is 0 Å². The van der Waals surface area contributed by atoms with Crippen LogP contribution in [-0.4, -0.2) is 16.5 Å². The Hall–Kier alpha value is -0.340. The minimum atomic E-state index is -1.17. The number of hydrogen-bond acceptors (Lipinski definition) is 2. The highest BCUT2D eigenvalue weighted by molar-refractivity contribution is 5.03. The zero-order valence-corrected chi connectivity index (χ0v) is 10.3. The summed E-state index contributed by atoms with van der Waals surface area (Å²) in [7, 11) is 0. The van der Waals surface area contributed by atoms with Crippen LogP contribution in [0.15, 0.2) is 12.2 Å². The Kier molecular flexibility index (Phi) is 3.96. The Morgan fingerprint density at radius 2 is 1.93 bits per heavy atom. The van der Waals surface area contributed by atoms with Crippen LogP contribution in [0.25, 0.3) is 0 Å². The average molecular weight is 212 g/mol. The molecule has 0 aromatic carbocycles. The van der Waals surface area contributed by atoms with Crippen LogP contribution >= 0.6 is 0 Å². The fourth-order valence-electron chi connectivity index (χ4n) is 2.23. The third kappa shape index (κ3) is 3.05. The van der Waals surface area contributed by atoms with Gasteiger partial charge in [0.25, 0.3) is 0 Å². The van der Waals surface area contributed by atoms with Gasteiger partial charge in [-0.25, -0.2) is 0 Å². The van der Waals surface area contributed by atoms with Gasteiger partial charge < -0.3 is 9.84 Å². The molecule has 2 heteroatoms. The van der Waals surface area contributed by atoms with Gasteiger partial charge in [0.1, 0.15) is 0 Å². The summed E-state index contributed by atoms with van der Waals surface area (Å²) < 4.78 is 5.93. The van der Waals surface area contributed by atoms with E-state index in [1.807, 2.05) is 6.92 Å². The largest absolute Gasteiger partial charge is 0.362 e. The van der Waals surface area contributed by atoms with Crippen molar-refractivity contribution in [3.05, 3.63) is 12.2 Å². The number of aliphatic hydroxyl groups is 1. The van der Waals surface area contributed by atoms with E-state index >= 15 is 0 Å². The lowest BCUT2D eigenvalue weighted by atomic mass is 9.82. The molecule has 2 nitrogen and oxygen atoms in total. The first-order chi connectivity index (χ1) is 6.92. The van der Waals surface area contributed by atoms with Crippen molar-refractivity contribution in [1.82, 2.24) is 0 Å². The molecule has 0 amide bonds. The van der Waals surface area contributed by atoms with Crippen LogP contribution in [0.5, 0.6) is 0 Å². The molecule has 1 aliphatic carbocycles. The third-order valence-corrected chi connectivity index (χ3v) is 3.62. The molecule has 0 aromatic rings. The highest BCUT2D eigenvalue weighted by Gasteiger charge is 2.38. The fourth-order valence-corrected chi connectivity index (χ4v) is 2.23. The number of hydrogen-bond donors (Lipinski definition) is 1. The van der Waals surface area contributed by atoms with E-state index in [4.69, 9.17) is 4.74 Å². The molecule has 0 radical (unpaired) electrons. The predicted octanol–water partition coefficient (Wildman–Crippen LogP) is 3.40. The van der Waals surface area contributed by atoms with Crippen molar-refractivity contribution < 1.29 is 9.84 Å². The molecule has 1 aliphatic rings. The average Bonchev–Trinajstić information content (AvgIpc) is 2.18. The first-order valence-electron chi connectivity index (χ1n) is 6.00. The van der Waals surface area contributed by atoms with Crippen molar-refractivity contribution in [3.8, 4) is 0 Å². The van der Waals surface area contributed by atoms with Crippen LogP contribution in [0.1, 0.15) is 59.3 Å². The van der Waals surface area contributed by atoms with Crippen molar-refractivity contribution >= 4 is 0 Å². The smallest absolute Gasteiger partial charge is 0.185 e. The van der Waals surface area contributed by atoms with Crippen LogP contribution in [0.4, 0.5) is 0 Å². The number of rotatable bonds is 4. The molecule has 1 saturated carbocycles. The fraction of sp³-hybridized carbons (Fsp3) is 0.846. The van der Waals surface area contributed by atoms with Gasteiger partial charge in [0.15, 0.2) is 5.79 Å². The molecule has 1 atom stereocenters. The van der Waals surface area contributed by atoms with Crippen LogP contribution in [0.2, 0.25) is 0 Å². The van der Waals surface area contributed by atoms with Gasteiger partial charge >= 0.3 is 0 Å². The lowest BCUT2D eigenvalue weighted by molar-refractivity contribution is -0.243. The molecule has 0 heterocycles. The summed E-state index contributed by atoms with van der Waals surface area (Å²) in [6.07, 6.45) is 6.80. The second-order valence-electron chi connectivity index (χ2n) is 4.96. The van der Waals surface area contributed by atoms with Crippen molar-refractivity contribution in [2.75, 3.05) is 0 Å². The molecule has 0 aliphatic heterocycles. The minimum absolute atomic E-state index is 0.124. The quantitative estimate of drug-likeness (QED) is 0.571. The monoisotopic (exact) mass is 212 g/mol. The standard InChI is InChI=1S/C13H24O2/c1-5-13(9-7-6-8-10-13)15-12(4,14)11(2)3/h14H,2,5-10H2,1,3-4H3. The maximum absolute atomic E-state index is 10.1. The molecule has 0 aromatic heterocycles. The first kappa shape index (κ1) is 12.7. The van der Waals surface area contributed by atoms with Crippen molar-refractivity contribution in [1.29, 1.82) is 0 Å². The van der Waals surface area contributed by atoms with E-state index < -0.39 is 5.79 Å². The van der Waals surface area contributed by atoms with Crippen LogP contribution in [-0.2, 0) is 4.74 Å². The van der Waals surface area contributed by atoms with Gasteiger partial charge in [0.2, 0.25) is 0 Å². The third-order valence-electron chi connectivity index (χ3n) is 3.62. The zero-order chi connectivity index (χ0) is 11.5. The lowest BCUT2D eigenvalue weighted by Gasteiger charge is -2.42. The SMILES string of the molecule is C=C(C)C(C)(O)OC1(CC)CCCCC1. The second-order valence-corrected chi connectivity index (χ2v) is 4.96. The molecular formula is C13H24O2. The van der Waals surface area contributed by atoms with E-state index in [9.17, 15) is 5.11 Å². The number of ether oxygens (including phenoxy) is 1. The summed E-state index contributed by atoms with van der Waals surface area (Å²) in [5.74, 6) is -1.17. The van der Waals surface area contributed by atoms with E-state index in [0.717, 1.165) is 19.3 Å². The Balaban J connectivity index is 2.70. The van der Waals surface area contributed by atoms with E-state index in [1.54, 1.807) is 6.92 Å². The highest BCUT2D eigenvalue weighted by atomic mass is 16.6. The van der Waals surface area contributed by atoms with Gasteiger partial charge in [-0.2, -0.15) is 0 Å². The van der Waals surface area contributed by atoms with Gasteiger partial charge in [-0.1, -0.05) is 32.8 Å². The van der Waals surface area contributed by atoms with Crippen molar-refractivity contribution in [3.63, 3.8) is 0 Å². The van der Waals surface area contributed by atoms with Crippen LogP contribution < -0.4 is 0 Å². The summed E-state index contributed by atoms with van der Waals surface area (Å²) in [5, 5.41) is 10.1. The van der Waals surface area contributed by atoms with Gasteiger partial charge in [0, 0.05) is 0 Å². The summed E-state index contributed by atoms with van der Waals surface area (Å²) in [6.45, 7) is 9.43. The second kappa shape index (κ2) is 4.67. The Bertz CT molecular complexity index is 225.